The second kappa shape index (κ2) is 13.3. The minimum atomic E-state index is -0.435. The molecule has 1 aromatic rings. The summed E-state index contributed by atoms with van der Waals surface area (Å²) < 4.78 is 13.2. The SMILES string of the molecule is O=C(OCCCCO)c1c(I)c(I)c(C(=O)OCCCCO)c(I)c1I. The van der Waals surface area contributed by atoms with Gasteiger partial charge >= 0.3 is 11.9 Å². The largest absolute Gasteiger partial charge is 0.462 e. The van der Waals surface area contributed by atoms with Gasteiger partial charge in [0.15, 0.2) is 0 Å². The van der Waals surface area contributed by atoms with E-state index in [0.29, 0.717) is 51.1 Å². The molecular weight excluding hydrogens is 796 g/mol. The van der Waals surface area contributed by atoms with Gasteiger partial charge in [0, 0.05) is 27.5 Å². The lowest BCUT2D eigenvalue weighted by Crippen LogP contribution is -2.18. The predicted octanol–water partition coefficient (Wildman–Crippen LogP) is 3.96. The Bertz CT molecular complexity index is 566. The monoisotopic (exact) mass is 814 g/mol. The van der Waals surface area contributed by atoms with E-state index in [1.165, 1.54) is 0 Å². The molecule has 0 aliphatic carbocycles. The Balaban J connectivity index is 3.01. The Morgan fingerprint density at radius 1 is 0.654 bits per heavy atom. The number of unbranched alkanes of at least 4 members (excludes halogenated alkanes) is 2. The average molecular weight is 814 g/mol. The molecule has 0 saturated heterocycles. The summed E-state index contributed by atoms with van der Waals surface area (Å²) in [5.74, 6) is -0.870. The average Bonchev–Trinajstić information content (AvgIpc) is 2.61. The van der Waals surface area contributed by atoms with Crippen molar-refractivity contribution in [1.82, 2.24) is 0 Å². The zero-order valence-electron chi connectivity index (χ0n) is 13.7. The molecule has 26 heavy (non-hydrogen) atoms. The highest BCUT2D eigenvalue weighted by molar-refractivity contribution is 14.1. The zero-order valence-corrected chi connectivity index (χ0v) is 22.3. The zero-order chi connectivity index (χ0) is 19.7. The van der Waals surface area contributed by atoms with Gasteiger partial charge in [-0.15, -0.1) is 0 Å². The Labute approximate surface area is 206 Å². The predicted molar refractivity (Wildman–Crippen MR) is 131 cm³/mol. The highest BCUT2D eigenvalue weighted by Gasteiger charge is 2.28. The molecule has 0 saturated carbocycles. The Kier molecular flexibility index (Phi) is 12.8. The maximum Gasteiger partial charge on any atom is 0.340 e. The van der Waals surface area contributed by atoms with E-state index in [-0.39, 0.29) is 26.4 Å². The lowest BCUT2D eigenvalue weighted by Gasteiger charge is -2.15. The van der Waals surface area contributed by atoms with Gasteiger partial charge in [-0.2, -0.15) is 0 Å². The molecule has 2 N–H and O–H groups in total. The summed E-state index contributed by atoms with van der Waals surface area (Å²) in [7, 11) is 0. The number of carbonyl (C=O) groups is 2. The number of esters is 2. The van der Waals surface area contributed by atoms with E-state index in [0.717, 1.165) is 0 Å². The molecule has 0 amide bonds. The number of hydrogen-bond acceptors (Lipinski definition) is 6. The van der Waals surface area contributed by atoms with E-state index in [4.69, 9.17) is 19.7 Å². The fourth-order valence-electron chi connectivity index (χ4n) is 1.89. The van der Waals surface area contributed by atoms with Gasteiger partial charge in [-0.25, -0.2) is 9.59 Å². The number of aliphatic hydroxyl groups is 2. The fraction of sp³-hybridized carbons (Fsp3) is 0.500. The van der Waals surface area contributed by atoms with Gasteiger partial charge in [0.1, 0.15) is 0 Å². The smallest absolute Gasteiger partial charge is 0.340 e. The number of ether oxygens (including phenoxy) is 2. The molecule has 10 heteroatoms. The van der Waals surface area contributed by atoms with Crippen LogP contribution in [0.25, 0.3) is 0 Å². The first kappa shape index (κ1) is 25.0. The summed E-state index contributed by atoms with van der Waals surface area (Å²) in [5.41, 5.74) is 0.890. The van der Waals surface area contributed by atoms with Crippen LogP contribution in [0.4, 0.5) is 0 Å². The van der Waals surface area contributed by atoms with Gasteiger partial charge in [-0.3, -0.25) is 0 Å². The van der Waals surface area contributed by atoms with Crippen LogP contribution in [0.5, 0.6) is 0 Å². The second-order valence-electron chi connectivity index (χ2n) is 5.14. The van der Waals surface area contributed by atoms with Crippen LogP contribution in [0.15, 0.2) is 0 Å². The third-order valence-corrected chi connectivity index (χ3v) is 9.62. The first-order valence-corrected chi connectivity index (χ1v) is 12.1. The standard InChI is InChI=1S/C16H18I4O6/c17-11-9(15(23)25-7-3-1-5-21)12(18)14(20)10(13(11)19)16(24)26-8-4-2-6-22/h21-22H,1-8H2. The molecule has 0 bridgehead atoms. The maximum absolute atomic E-state index is 12.4. The molecule has 0 unspecified atom stereocenters. The summed E-state index contributed by atoms with van der Waals surface area (Å²) in [6.07, 6.45) is 2.36. The summed E-state index contributed by atoms with van der Waals surface area (Å²) >= 11 is 8.17. The van der Waals surface area contributed by atoms with Gasteiger partial charge in [-0.1, -0.05) is 0 Å². The van der Waals surface area contributed by atoms with Crippen molar-refractivity contribution in [2.24, 2.45) is 0 Å². The van der Waals surface area contributed by atoms with E-state index >= 15 is 0 Å². The quantitative estimate of drug-likeness (QED) is 0.161. The van der Waals surface area contributed by atoms with Gasteiger partial charge in [0.05, 0.1) is 24.3 Å². The highest BCUT2D eigenvalue weighted by Crippen LogP contribution is 2.34. The number of carbonyl (C=O) groups excluding carboxylic acids is 2. The number of rotatable bonds is 10. The normalized spacial score (nSPS) is 10.7. The molecular formula is C16H18I4O6. The lowest BCUT2D eigenvalue weighted by molar-refractivity contribution is 0.0474. The van der Waals surface area contributed by atoms with Crippen LogP contribution in [0, 0.1) is 14.3 Å². The van der Waals surface area contributed by atoms with Crippen molar-refractivity contribution in [3.63, 3.8) is 0 Å². The Hall–Kier alpha value is 1.000. The summed E-state index contributed by atoms with van der Waals surface area (Å²) in [6, 6.07) is 0. The third-order valence-electron chi connectivity index (χ3n) is 3.24. The Morgan fingerprint density at radius 2 is 0.962 bits per heavy atom. The first-order valence-electron chi connectivity index (χ1n) is 7.78. The first-order chi connectivity index (χ1) is 12.4. The molecule has 0 spiro atoms. The Morgan fingerprint density at radius 3 is 1.23 bits per heavy atom. The van der Waals surface area contributed by atoms with Crippen LogP contribution in [-0.2, 0) is 9.47 Å². The van der Waals surface area contributed by atoms with E-state index in [1.54, 1.807) is 0 Å². The van der Waals surface area contributed by atoms with E-state index < -0.39 is 11.9 Å². The number of aliphatic hydroxyl groups excluding tert-OH is 2. The van der Waals surface area contributed by atoms with E-state index in [9.17, 15) is 9.59 Å². The molecule has 146 valence electrons. The maximum atomic E-state index is 12.4. The van der Waals surface area contributed by atoms with Crippen molar-refractivity contribution in [1.29, 1.82) is 0 Å². The lowest BCUT2D eigenvalue weighted by atomic mass is 10.1. The summed E-state index contributed by atoms with van der Waals surface area (Å²) in [5, 5.41) is 17.6. The van der Waals surface area contributed by atoms with E-state index in [2.05, 4.69) is 0 Å². The van der Waals surface area contributed by atoms with Crippen molar-refractivity contribution >= 4 is 102 Å². The molecule has 0 atom stereocenters. The molecule has 0 aromatic heterocycles. The molecule has 1 rings (SSSR count). The van der Waals surface area contributed by atoms with Crippen molar-refractivity contribution in [3.05, 3.63) is 25.4 Å². The van der Waals surface area contributed by atoms with Crippen LogP contribution in [0.2, 0.25) is 0 Å². The highest BCUT2D eigenvalue weighted by atomic mass is 127. The number of benzene rings is 1. The number of hydrogen-bond donors (Lipinski definition) is 2. The van der Waals surface area contributed by atoms with Crippen molar-refractivity contribution in [2.45, 2.75) is 25.7 Å². The van der Waals surface area contributed by atoms with Gasteiger partial charge in [0.2, 0.25) is 0 Å². The molecule has 1 aromatic carbocycles. The van der Waals surface area contributed by atoms with Crippen molar-refractivity contribution in [3.8, 4) is 0 Å². The van der Waals surface area contributed by atoms with Gasteiger partial charge in [-0.05, 0) is 116 Å². The molecule has 6 nitrogen and oxygen atoms in total. The fourth-order valence-corrected chi connectivity index (χ4v) is 5.96. The van der Waals surface area contributed by atoms with Crippen LogP contribution in [0.3, 0.4) is 0 Å². The van der Waals surface area contributed by atoms with Crippen LogP contribution in [-0.4, -0.2) is 48.6 Å². The second-order valence-corrected chi connectivity index (χ2v) is 9.45. The minimum absolute atomic E-state index is 0.0670. The molecule has 0 radical (unpaired) electrons. The molecule has 0 heterocycles. The van der Waals surface area contributed by atoms with Crippen LogP contribution >= 0.6 is 90.4 Å². The number of halogens is 4. The molecule has 0 aliphatic rings. The van der Waals surface area contributed by atoms with Crippen molar-refractivity contribution in [2.75, 3.05) is 26.4 Å². The summed E-state index contributed by atoms with van der Waals surface area (Å²) in [4.78, 5) is 24.9. The van der Waals surface area contributed by atoms with Gasteiger partial charge in [0.25, 0.3) is 0 Å². The third kappa shape index (κ3) is 7.11. The van der Waals surface area contributed by atoms with E-state index in [1.807, 2.05) is 90.4 Å². The summed E-state index contributed by atoms with van der Waals surface area (Å²) in [6.45, 7) is 0.621. The van der Waals surface area contributed by atoms with Crippen molar-refractivity contribution < 1.29 is 29.3 Å². The van der Waals surface area contributed by atoms with Crippen LogP contribution < -0.4 is 0 Å². The topological polar surface area (TPSA) is 93.1 Å². The molecule has 0 fully saturated rings. The minimum Gasteiger partial charge on any atom is -0.462 e. The molecule has 0 aliphatic heterocycles. The van der Waals surface area contributed by atoms with Gasteiger partial charge < -0.3 is 19.7 Å². The van der Waals surface area contributed by atoms with Crippen LogP contribution in [0.1, 0.15) is 46.4 Å².